The highest BCUT2D eigenvalue weighted by Crippen LogP contribution is 2.36. The number of oxime groups is 1. The fourth-order valence-electron chi connectivity index (χ4n) is 3.88. The third-order valence-electron chi connectivity index (χ3n) is 5.51. The van der Waals surface area contributed by atoms with E-state index in [9.17, 15) is 5.11 Å². The molecule has 0 saturated carbocycles. The Kier molecular flexibility index (Phi) is 6.22. The third-order valence-corrected chi connectivity index (χ3v) is 5.51. The summed E-state index contributed by atoms with van der Waals surface area (Å²) in [7, 11) is 1.61. The average Bonchev–Trinajstić information content (AvgIpc) is 3.45. The van der Waals surface area contributed by atoms with Gasteiger partial charge in [-0.3, -0.25) is 0 Å². The van der Waals surface area contributed by atoms with Crippen molar-refractivity contribution in [3.05, 3.63) is 95.8 Å². The molecular formula is C26H24N4O4. The van der Waals surface area contributed by atoms with Crippen LogP contribution in [0.5, 0.6) is 11.5 Å². The van der Waals surface area contributed by atoms with E-state index in [1.54, 1.807) is 42.3 Å². The van der Waals surface area contributed by atoms with Crippen LogP contribution in [0.3, 0.4) is 0 Å². The summed E-state index contributed by atoms with van der Waals surface area (Å²) in [6.07, 6.45) is 0.983. The third kappa shape index (κ3) is 4.62. The molecule has 1 aromatic heterocycles. The Balaban J connectivity index is 1.16. The van der Waals surface area contributed by atoms with Crippen LogP contribution < -0.4 is 9.47 Å². The molecule has 0 spiro atoms. The molecule has 0 aliphatic heterocycles. The zero-order chi connectivity index (χ0) is 23.3. The second-order valence-electron chi connectivity index (χ2n) is 7.88. The zero-order valence-corrected chi connectivity index (χ0v) is 18.7. The number of methoxy groups -OCH3 is 1. The Morgan fingerprint density at radius 1 is 0.882 bits per heavy atom. The van der Waals surface area contributed by atoms with E-state index < -0.39 is 6.10 Å². The number of fused-ring (bicyclic) bond motifs is 3. The predicted molar refractivity (Wildman–Crippen MR) is 127 cm³/mol. The summed E-state index contributed by atoms with van der Waals surface area (Å²) in [6.45, 7) is 0.551. The molecule has 1 unspecified atom stereocenters. The maximum Gasteiger partial charge on any atom is 0.162 e. The van der Waals surface area contributed by atoms with Gasteiger partial charge in [0.15, 0.2) is 6.61 Å². The fraction of sp³-hybridized carbons (Fsp3) is 0.192. The number of rotatable bonds is 9. The normalized spacial score (nSPS) is 12.6. The first-order valence-electron chi connectivity index (χ1n) is 10.9. The van der Waals surface area contributed by atoms with Crippen molar-refractivity contribution < 1.29 is 19.4 Å². The van der Waals surface area contributed by atoms with Crippen LogP contribution in [0.25, 0.3) is 11.1 Å². The Labute approximate surface area is 197 Å². The Hall–Kier alpha value is -4.17. The molecule has 0 saturated heterocycles. The lowest BCUT2D eigenvalue weighted by Crippen LogP contribution is -2.23. The van der Waals surface area contributed by atoms with Crippen molar-refractivity contribution in [2.75, 3.05) is 13.7 Å². The summed E-state index contributed by atoms with van der Waals surface area (Å²) in [4.78, 5) is 5.63. The molecule has 8 heteroatoms. The van der Waals surface area contributed by atoms with Gasteiger partial charge in [-0.15, -0.1) is 5.10 Å². The zero-order valence-electron chi connectivity index (χ0n) is 18.7. The van der Waals surface area contributed by atoms with Crippen LogP contribution in [0.2, 0.25) is 0 Å². The lowest BCUT2D eigenvalue weighted by Gasteiger charge is -2.12. The van der Waals surface area contributed by atoms with Crippen molar-refractivity contribution in [2.24, 2.45) is 5.16 Å². The smallest absolute Gasteiger partial charge is 0.162 e. The molecule has 0 amide bonds. The molecule has 0 bridgehead atoms. The molecule has 0 fully saturated rings. The lowest BCUT2D eigenvalue weighted by atomic mass is 10.1. The van der Waals surface area contributed by atoms with Crippen LogP contribution in [-0.2, 0) is 18.0 Å². The molecular weight excluding hydrogens is 432 g/mol. The van der Waals surface area contributed by atoms with Gasteiger partial charge in [0.25, 0.3) is 0 Å². The first-order valence-corrected chi connectivity index (χ1v) is 10.9. The summed E-state index contributed by atoms with van der Waals surface area (Å²) >= 11 is 0. The van der Waals surface area contributed by atoms with E-state index in [2.05, 4.69) is 27.6 Å². The minimum Gasteiger partial charge on any atom is -0.497 e. The summed E-state index contributed by atoms with van der Waals surface area (Å²) in [6, 6.07) is 23.5. The maximum atomic E-state index is 10.3. The summed E-state index contributed by atoms with van der Waals surface area (Å²) in [5.74, 6) is 1.40. The molecule has 1 N–H and O–H groups in total. The van der Waals surface area contributed by atoms with Crippen LogP contribution in [0.1, 0.15) is 16.8 Å². The summed E-state index contributed by atoms with van der Waals surface area (Å²) in [5, 5.41) is 22.9. The number of aliphatic hydroxyl groups excluding tert-OH is 1. The average molecular weight is 457 g/mol. The highest BCUT2D eigenvalue weighted by Gasteiger charge is 2.24. The van der Waals surface area contributed by atoms with Gasteiger partial charge < -0.3 is 19.4 Å². The molecule has 172 valence electrons. The SMILES string of the molecule is COc1ccc(OCC(O)Cn2cc(CON=C3c4ccccc4-c4ccccc43)nn2)cc1. The van der Waals surface area contributed by atoms with Gasteiger partial charge >= 0.3 is 0 Å². The van der Waals surface area contributed by atoms with Crippen molar-refractivity contribution >= 4 is 5.71 Å². The van der Waals surface area contributed by atoms with Crippen LogP contribution in [0.4, 0.5) is 0 Å². The number of nitrogens with zero attached hydrogens (tertiary/aromatic N) is 4. The molecule has 4 aromatic rings. The molecule has 1 aliphatic rings. The van der Waals surface area contributed by atoms with Crippen LogP contribution in [0, 0.1) is 0 Å². The lowest BCUT2D eigenvalue weighted by molar-refractivity contribution is 0.0887. The summed E-state index contributed by atoms with van der Waals surface area (Å²) in [5.41, 5.74) is 5.83. The van der Waals surface area contributed by atoms with Crippen molar-refractivity contribution in [3.63, 3.8) is 0 Å². The van der Waals surface area contributed by atoms with Gasteiger partial charge in [0, 0.05) is 11.1 Å². The molecule has 0 radical (unpaired) electrons. The van der Waals surface area contributed by atoms with E-state index in [0.717, 1.165) is 33.7 Å². The molecule has 1 atom stereocenters. The molecule has 8 nitrogen and oxygen atoms in total. The van der Waals surface area contributed by atoms with Crippen LogP contribution >= 0.6 is 0 Å². The second-order valence-corrected chi connectivity index (χ2v) is 7.88. The van der Waals surface area contributed by atoms with Crippen LogP contribution in [-0.4, -0.2) is 45.6 Å². The van der Waals surface area contributed by atoms with E-state index in [0.29, 0.717) is 11.4 Å². The van der Waals surface area contributed by atoms with E-state index in [4.69, 9.17) is 14.3 Å². The molecule has 1 aliphatic carbocycles. The van der Waals surface area contributed by atoms with E-state index in [-0.39, 0.29) is 19.8 Å². The molecule has 34 heavy (non-hydrogen) atoms. The minimum absolute atomic E-state index is 0.129. The predicted octanol–water partition coefficient (Wildman–Crippen LogP) is 3.68. The van der Waals surface area contributed by atoms with Gasteiger partial charge in [0.2, 0.25) is 0 Å². The topological polar surface area (TPSA) is 91.0 Å². The van der Waals surface area contributed by atoms with Crippen molar-refractivity contribution in [3.8, 4) is 22.6 Å². The summed E-state index contributed by atoms with van der Waals surface area (Å²) < 4.78 is 12.3. The highest BCUT2D eigenvalue weighted by molar-refractivity contribution is 6.24. The van der Waals surface area contributed by atoms with Gasteiger partial charge in [-0.05, 0) is 35.4 Å². The maximum absolute atomic E-state index is 10.3. The van der Waals surface area contributed by atoms with Gasteiger partial charge in [0.1, 0.15) is 35.6 Å². The Morgan fingerprint density at radius 3 is 2.15 bits per heavy atom. The van der Waals surface area contributed by atoms with Gasteiger partial charge in [0.05, 0.1) is 19.9 Å². The van der Waals surface area contributed by atoms with Gasteiger partial charge in [-0.1, -0.05) is 58.9 Å². The molecule has 1 heterocycles. The van der Waals surface area contributed by atoms with Gasteiger partial charge in [-0.2, -0.15) is 0 Å². The van der Waals surface area contributed by atoms with E-state index in [1.807, 2.05) is 36.4 Å². The Bertz CT molecular complexity index is 1250. The number of aromatic nitrogens is 3. The van der Waals surface area contributed by atoms with E-state index in [1.165, 1.54) is 0 Å². The first kappa shape index (κ1) is 21.7. The number of hydrogen-bond acceptors (Lipinski definition) is 7. The molecule has 3 aromatic carbocycles. The van der Waals surface area contributed by atoms with Crippen LogP contribution in [0.15, 0.2) is 84.1 Å². The van der Waals surface area contributed by atoms with Crippen molar-refractivity contribution in [1.82, 2.24) is 15.0 Å². The van der Waals surface area contributed by atoms with Crippen molar-refractivity contribution in [2.45, 2.75) is 19.3 Å². The first-order chi connectivity index (χ1) is 16.7. The number of aliphatic hydroxyl groups is 1. The second kappa shape index (κ2) is 9.76. The van der Waals surface area contributed by atoms with E-state index >= 15 is 0 Å². The van der Waals surface area contributed by atoms with Gasteiger partial charge in [-0.25, -0.2) is 4.68 Å². The fourth-order valence-corrected chi connectivity index (χ4v) is 3.88. The standard InChI is InChI=1S/C26H24N4O4/c1-32-20-10-12-21(13-11-20)33-17-19(31)15-30-14-18(27-29-30)16-34-28-26-24-8-4-2-6-22(24)23-7-3-5-9-25(23)26/h2-14,19,31H,15-17H2,1H3. The number of ether oxygens (including phenoxy) is 2. The Morgan fingerprint density at radius 2 is 1.50 bits per heavy atom. The number of benzene rings is 3. The van der Waals surface area contributed by atoms with Crippen molar-refractivity contribution in [1.29, 1.82) is 0 Å². The highest BCUT2D eigenvalue weighted by atomic mass is 16.6. The largest absolute Gasteiger partial charge is 0.497 e. The minimum atomic E-state index is -0.746. The quantitative estimate of drug-likeness (QED) is 0.340. The number of hydrogen-bond donors (Lipinski definition) is 1. The monoisotopic (exact) mass is 456 g/mol. The molecule has 5 rings (SSSR count).